The average molecular weight is 409 g/mol. The summed E-state index contributed by atoms with van der Waals surface area (Å²) in [6.45, 7) is 4.25. The van der Waals surface area contributed by atoms with Gasteiger partial charge >= 0.3 is 0 Å². The van der Waals surface area contributed by atoms with Gasteiger partial charge in [0.1, 0.15) is 5.69 Å². The van der Waals surface area contributed by atoms with E-state index >= 15 is 0 Å². The number of aromatic amines is 2. The molecule has 6 rings (SSSR count). The number of pyridine rings is 3. The van der Waals surface area contributed by atoms with Crippen LogP contribution in [0, 0.1) is 6.92 Å². The molecular weight excluding hydrogens is 386 g/mol. The molecule has 0 amide bonds. The van der Waals surface area contributed by atoms with Crippen LogP contribution in [-0.4, -0.2) is 43.2 Å². The SMILES string of the molecule is Cc1ccncc1-c1cc2c(-c3cc4c(N5CCCCC5)cncc4[nH]3)n[nH]c2cn1. The molecule has 0 unspecified atom stereocenters. The van der Waals surface area contributed by atoms with Gasteiger partial charge in [0.05, 0.1) is 46.7 Å². The van der Waals surface area contributed by atoms with Crippen LogP contribution in [0.4, 0.5) is 5.69 Å². The van der Waals surface area contributed by atoms with Gasteiger partial charge in [0.25, 0.3) is 0 Å². The Balaban J connectivity index is 1.47. The molecule has 7 heteroatoms. The molecular formula is C24H23N7. The normalized spacial score (nSPS) is 14.5. The maximum atomic E-state index is 4.62. The number of anilines is 1. The van der Waals surface area contributed by atoms with E-state index in [9.17, 15) is 0 Å². The van der Waals surface area contributed by atoms with Crippen molar-refractivity contribution in [1.82, 2.24) is 30.1 Å². The Labute approximate surface area is 179 Å². The lowest BCUT2D eigenvalue weighted by molar-refractivity contribution is 0.578. The van der Waals surface area contributed by atoms with E-state index in [0.29, 0.717) is 0 Å². The fraction of sp³-hybridized carbons (Fsp3) is 0.250. The third-order valence-corrected chi connectivity index (χ3v) is 6.24. The Morgan fingerprint density at radius 3 is 2.68 bits per heavy atom. The molecule has 0 saturated carbocycles. The summed E-state index contributed by atoms with van der Waals surface area (Å²) >= 11 is 0. The first-order valence-corrected chi connectivity index (χ1v) is 10.7. The Hall–Kier alpha value is -3.74. The van der Waals surface area contributed by atoms with Crippen LogP contribution in [0.15, 0.2) is 49.2 Å². The van der Waals surface area contributed by atoms with Gasteiger partial charge in [0.15, 0.2) is 0 Å². The lowest BCUT2D eigenvalue weighted by atomic mass is 10.1. The molecule has 5 aromatic rings. The molecule has 2 N–H and O–H groups in total. The minimum absolute atomic E-state index is 0.890. The minimum Gasteiger partial charge on any atom is -0.370 e. The second kappa shape index (κ2) is 7.19. The van der Waals surface area contributed by atoms with E-state index in [1.54, 1.807) is 6.20 Å². The van der Waals surface area contributed by atoms with Gasteiger partial charge in [-0.25, -0.2) is 0 Å². The molecule has 7 nitrogen and oxygen atoms in total. The summed E-state index contributed by atoms with van der Waals surface area (Å²) in [7, 11) is 0. The van der Waals surface area contributed by atoms with Gasteiger partial charge < -0.3 is 9.88 Å². The quantitative estimate of drug-likeness (QED) is 0.444. The predicted molar refractivity (Wildman–Crippen MR) is 123 cm³/mol. The fourth-order valence-electron chi connectivity index (χ4n) is 4.55. The summed E-state index contributed by atoms with van der Waals surface area (Å²) < 4.78 is 0. The average Bonchev–Trinajstić information content (AvgIpc) is 3.43. The maximum Gasteiger partial charge on any atom is 0.116 e. The first-order chi connectivity index (χ1) is 15.3. The van der Waals surface area contributed by atoms with Crippen molar-refractivity contribution in [3.8, 4) is 22.6 Å². The molecule has 6 heterocycles. The lowest BCUT2D eigenvalue weighted by Gasteiger charge is -2.28. The van der Waals surface area contributed by atoms with Gasteiger partial charge in [-0.2, -0.15) is 5.10 Å². The number of fused-ring (bicyclic) bond motifs is 2. The van der Waals surface area contributed by atoms with Gasteiger partial charge in [-0.1, -0.05) is 0 Å². The van der Waals surface area contributed by atoms with Crippen molar-refractivity contribution in [3.63, 3.8) is 0 Å². The third-order valence-electron chi connectivity index (χ3n) is 6.24. The van der Waals surface area contributed by atoms with Gasteiger partial charge in [-0.3, -0.25) is 20.1 Å². The third kappa shape index (κ3) is 3.04. The van der Waals surface area contributed by atoms with Crippen molar-refractivity contribution in [2.24, 2.45) is 0 Å². The second-order valence-electron chi connectivity index (χ2n) is 8.23. The molecule has 0 atom stereocenters. The van der Waals surface area contributed by atoms with Crippen LogP contribution in [-0.2, 0) is 0 Å². The van der Waals surface area contributed by atoms with Crippen molar-refractivity contribution < 1.29 is 0 Å². The van der Waals surface area contributed by atoms with Crippen molar-refractivity contribution in [2.75, 3.05) is 18.0 Å². The minimum atomic E-state index is 0.890. The highest BCUT2D eigenvalue weighted by Gasteiger charge is 2.18. The Bertz CT molecular complexity index is 1390. The predicted octanol–water partition coefficient (Wildman–Crippen LogP) is 4.86. The van der Waals surface area contributed by atoms with Crippen LogP contribution in [0.1, 0.15) is 24.8 Å². The Kier molecular flexibility index (Phi) is 4.19. The summed E-state index contributed by atoms with van der Waals surface area (Å²) in [5.41, 5.74) is 8.09. The number of nitrogens with one attached hydrogen (secondary N) is 2. The van der Waals surface area contributed by atoms with E-state index in [1.165, 1.54) is 30.3 Å². The standard InChI is InChI=1S/C24H23N7/c1-15-5-6-25-11-18(15)19-10-17-22(13-27-19)29-30-24(17)20-9-16-21(28-20)12-26-14-23(16)31-7-3-2-4-8-31/h5-6,9-14,28H,2-4,7-8H2,1H3,(H,29,30). The van der Waals surface area contributed by atoms with Crippen molar-refractivity contribution in [1.29, 1.82) is 0 Å². The van der Waals surface area contributed by atoms with E-state index in [0.717, 1.165) is 57.7 Å². The first-order valence-electron chi connectivity index (χ1n) is 10.7. The highest BCUT2D eigenvalue weighted by molar-refractivity contribution is 6.00. The zero-order chi connectivity index (χ0) is 20.8. The number of aryl methyl sites for hydroxylation is 1. The Morgan fingerprint density at radius 2 is 1.81 bits per heavy atom. The zero-order valence-electron chi connectivity index (χ0n) is 17.4. The number of H-pyrrole nitrogens is 2. The first kappa shape index (κ1) is 18.1. The smallest absolute Gasteiger partial charge is 0.116 e. The van der Waals surface area contributed by atoms with Crippen LogP contribution >= 0.6 is 0 Å². The molecule has 0 bridgehead atoms. The van der Waals surface area contributed by atoms with Crippen LogP contribution < -0.4 is 4.90 Å². The summed E-state index contributed by atoms with van der Waals surface area (Å²) in [6.07, 6.45) is 13.2. The van der Waals surface area contributed by atoms with Crippen LogP contribution in [0.2, 0.25) is 0 Å². The summed E-state index contributed by atoms with van der Waals surface area (Å²) in [5.74, 6) is 0. The van der Waals surface area contributed by atoms with Gasteiger partial charge in [0, 0.05) is 41.8 Å². The molecule has 1 aliphatic rings. The molecule has 0 radical (unpaired) electrons. The van der Waals surface area contributed by atoms with Gasteiger partial charge in [-0.05, 0) is 49.9 Å². The molecule has 0 aromatic carbocycles. The summed E-state index contributed by atoms with van der Waals surface area (Å²) in [6, 6.07) is 6.30. The lowest BCUT2D eigenvalue weighted by Crippen LogP contribution is -2.29. The molecule has 31 heavy (non-hydrogen) atoms. The molecule has 1 fully saturated rings. The monoisotopic (exact) mass is 409 g/mol. The van der Waals surface area contributed by atoms with Crippen LogP contribution in [0.25, 0.3) is 44.5 Å². The molecule has 0 aliphatic carbocycles. The molecule has 154 valence electrons. The Morgan fingerprint density at radius 1 is 0.903 bits per heavy atom. The number of hydrogen-bond donors (Lipinski definition) is 2. The van der Waals surface area contributed by atoms with Crippen molar-refractivity contribution >= 4 is 27.5 Å². The van der Waals surface area contributed by atoms with Crippen LogP contribution in [0.5, 0.6) is 0 Å². The number of rotatable bonds is 3. The number of piperidine rings is 1. The highest BCUT2D eigenvalue weighted by atomic mass is 15.1. The van der Waals surface area contributed by atoms with Gasteiger partial charge in [-0.15, -0.1) is 0 Å². The molecule has 1 aliphatic heterocycles. The van der Waals surface area contributed by atoms with E-state index in [-0.39, 0.29) is 0 Å². The largest absolute Gasteiger partial charge is 0.370 e. The topological polar surface area (TPSA) is 86.4 Å². The highest BCUT2D eigenvalue weighted by Crippen LogP contribution is 2.34. The maximum absolute atomic E-state index is 4.62. The van der Waals surface area contributed by atoms with E-state index < -0.39 is 0 Å². The summed E-state index contributed by atoms with van der Waals surface area (Å²) in [5, 5.41) is 9.97. The van der Waals surface area contributed by atoms with Crippen molar-refractivity contribution in [3.05, 3.63) is 54.7 Å². The second-order valence-corrected chi connectivity index (χ2v) is 8.23. The van der Waals surface area contributed by atoms with E-state index in [4.69, 9.17) is 0 Å². The van der Waals surface area contributed by atoms with Crippen LogP contribution in [0.3, 0.4) is 0 Å². The zero-order valence-corrected chi connectivity index (χ0v) is 17.4. The van der Waals surface area contributed by atoms with Gasteiger partial charge in [0.2, 0.25) is 0 Å². The number of hydrogen-bond acceptors (Lipinski definition) is 5. The van der Waals surface area contributed by atoms with Crippen molar-refractivity contribution in [2.45, 2.75) is 26.2 Å². The van der Waals surface area contributed by atoms with E-state index in [1.807, 2.05) is 30.9 Å². The number of aromatic nitrogens is 6. The molecule has 1 saturated heterocycles. The fourth-order valence-corrected chi connectivity index (χ4v) is 4.55. The number of nitrogens with zero attached hydrogens (tertiary/aromatic N) is 5. The molecule has 5 aromatic heterocycles. The van der Waals surface area contributed by atoms with E-state index in [2.05, 4.69) is 54.1 Å². The summed E-state index contributed by atoms with van der Waals surface area (Å²) in [4.78, 5) is 19.4. The molecule has 0 spiro atoms.